The van der Waals surface area contributed by atoms with Crippen LogP contribution in [0.5, 0.6) is 0 Å². The first-order valence-electron chi connectivity index (χ1n) is 11.4. The number of nitrogens with zero attached hydrogens (tertiary/aromatic N) is 4. The second kappa shape index (κ2) is 9.58. The predicted molar refractivity (Wildman–Crippen MR) is 132 cm³/mol. The van der Waals surface area contributed by atoms with Gasteiger partial charge < -0.3 is 25.9 Å². The second-order valence-electron chi connectivity index (χ2n) is 8.74. The first kappa shape index (κ1) is 24.3. The van der Waals surface area contributed by atoms with Crippen molar-refractivity contribution in [3.63, 3.8) is 0 Å². The van der Waals surface area contributed by atoms with Crippen LogP contribution in [-0.2, 0) is 24.0 Å². The van der Waals surface area contributed by atoms with Crippen molar-refractivity contribution >= 4 is 57.6 Å². The summed E-state index contributed by atoms with van der Waals surface area (Å²) < 4.78 is 0. The number of piperidine rings is 1. The van der Waals surface area contributed by atoms with Crippen LogP contribution in [0, 0.1) is 0 Å². The third-order valence-corrected chi connectivity index (χ3v) is 8.34. The summed E-state index contributed by atoms with van der Waals surface area (Å²) in [4.78, 5) is 62.8. The number of thioether (sulfide) groups is 1. The summed E-state index contributed by atoms with van der Waals surface area (Å²) in [7, 11) is 1.27. The van der Waals surface area contributed by atoms with Gasteiger partial charge in [0, 0.05) is 29.3 Å². The van der Waals surface area contributed by atoms with Gasteiger partial charge in [-0.3, -0.25) is 19.3 Å². The third kappa shape index (κ3) is 4.34. The third-order valence-electron chi connectivity index (χ3n) is 6.37. The molecule has 0 aromatic carbocycles. The van der Waals surface area contributed by atoms with E-state index in [2.05, 4.69) is 15.5 Å². The lowest BCUT2D eigenvalue weighted by atomic mass is 9.98. The lowest BCUT2D eigenvalue weighted by Crippen LogP contribution is -2.71. The normalized spacial score (nSPS) is 25.6. The van der Waals surface area contributed by atoms with Crippen LogP contribution in [0.15, 0.2) is 33.5 Å². The van der Waals surface area contributed by atoms with Gasteiger partial charge in [-0.05, 0) is 37.3 Å². The molecule has 5 rings (SSSR count). The Morgan fingerprint density at radius 2 is 2.14 bits per heavy atom. The maximum atomic E-state index is 13.0. The molecular formula is C22H24N6O6S2. The minimum absolute atomic E-state index is 0.0548. The van der Waals surface area contributed by atoms with Crippen molar-refractivity contribution in [2.75, 3.05) is 25.1 Å². The molecule has 2 atom stereocenters. The Kier molecular flexibility index (Phi) is 6.47. The van der Waals surface area contributed by atoms with Crippen LogP contribution in [0.1, 0.15) is 31.4 Å². The molecule has 2 saturated heterocycles. The molecule has 190 valence electrons. The molecule has 12 nitrogen and oxygen atoms in total. The zero-order valence-corrected chi connectivity index (χ0v) is 20.9. The molecule has 4 aliphatic rings. The molecule has 3 aliphatic heterocycles. The van der Waals surface area contributed by atoms with E-state index >= 15 is 0 Å². The highest BCUT2D eigenvalue weighted by molar-refractivity contribution is 8.00. The summed E-state index contributed by atoms with van der Waals surface area (Å²) in [6.07, 6.45) is 5.04. The minimum Gasteiger partial charge on any atom is -0.477 e. The number of likely N-dealkylation sites (tertiary alicyclic amines) is 1. The number of carbonyl (C=O) groups is 4. The van der Waals surface area contributed by atoms with Crippen molar-refractivity contribution in [3.05, 3.63) is 34.0 Å². The number of rotatable bonds is 7. The standard InChI is InChI=1S/C22H24N6O6S2/c1-34-26-14(13-9-36-22(23)24-13)17(29)25-15-19(31)28-16(21(32)33)11(8-35-20(15)28)7-10-3-2-6-27(18(10)30)12-4-5-12/h7,9,12,15,20H,2-6,8H2,1H3,(H2,23,24)(H,25,29)(H,32,33)/t15-,20-/m1/s1. The highest BCUT2D eigenvalue weighted by atomic mass is 32.2. The summed E-state index contributed by atoms with van der Waals surface area (Å²) in [5.41, 5.74) is 6.54. The number of nitrogen functional groups attached to an aromatic ring is 1. The average Bonchev–Trinajstić information content (AvgIpc) is 3.61. The fourth-order valence-electron chi connectivity index (χ4n) is 4.57. The van der Waals surface area contributed by atoms with Crippen molar-refractivity contribution in [3.8, 4) is 0 Å². The predicted octanol–water partition coefficient (Wildman–Crippen LogP) is 0.526. The van der Waals surface area contributed by atoms with Crippen LogP contribution in [0.25, 0.3) is 0 Å². The molecule has 4 heterocycles. The van der Waals surface area contributed by atoms with Gasteiger partial charge in [-0.2, -0.15) is 0 Å². The molecule has 1 aliphatic carbocycles. The monoisotopic (exact) mass is 532 g/mol. The smallest absolute Gasteiger partial charge is 0.352 e. The number of carboxylic acid groups (broad SMARTS) is 1. The van der Waals surface area contributed by atoms with E-state index in [0.29, 0.717) is 17.6 Å². The van der Waals surface area contributed by atoms with Crippen molar-refractivity contribution in [2.24, 2.45) is 5.16 Å². The largest absolute Gasteiger partial charge is 0.477 e. The zero-order valence-electron chi connectivity index (χ0n) is 19.3. The second-order valence-corrected chi connectivity index (χ2v) is 10.7. The van der Waals surface area contributed by atoms with Gasteiger partial charge in [-0.1, -0.05) is 5.16 Å². The molecule has 1 aromatic heterocycles. The van der Waals surface area contributed by atoms with E-state index < -0.39 is 29.2 Å². The van der Waals surface area contributed by atoms with Crippen LogP contribution in [0.3, 0.4) is 0 Å². The average molecular weight is 533 g/mol. The number of hydrogen-bond acceptors (Lipinski definition) is 10. The Morgan fingerprint density at radius 3 is 2.78 bits per heavy atom. The van der Waals surface area contributed by atoms with E-state index in [0.717, 1.165) is 37.1 Å². The van der Waals surface area contributed by atoms with Crippen molar-refractivity contribution in [1.82, 2.24) is 20.1 Å². The van der Waals surface area contributed by atoms with Gasteiger partial charge in [0.15, 0.2) is 10.8 Å². The molecule has 14 heteroatoms. The van der Waals surface area contributed by atoms with Crippen molar-refractivity contribution < 1.29 is 29.1 Å². The number of aliphatic carboxylic acids is 1. The molecule has 0 spiro atoms. The van der Waals surface area contributed by atoms with E-state index in [1.807, 2.05) is 4.90 Å². The van der Waals surface area contributed by atoms with E-state index in [9.17, 15) is 24.3 Å². The van der Waals surface area contributed by atoms with Gasteiger partial charge in [-0.25, -0.2) is 9.78 Å². The van der Waals surface area contributed by atoms with Crippen LogP contribution in [0.2, 0.25) is 0 Å². The Bertz CT molecular complexity index is 1240. The number of amides is 3. The molecule has 1 aromatic rings. The molecule has 3 amide bonds. The summed E-state index contributed by atoms with van der Waals surface area (Å²) in [5.74, 6) is -2.28. The fraction of sp³-hybridized carbons (Fsp3) is 0.455. The number of thiazole rings is 1. The van der Waals surface area contributed by atoms with Gasteiger partial charge >= 0.3 is 5.97 Å². The summed E-state index contributed by atoms with van der Waals surface area (Å²) in [6.45, 7) is 0.719. The lowest BCUT2D eigenvalue weighted by Gasteiger charge is -2.49. The van der Waals surface area contributed by atoms with Crippen molar-refractivity contribution in [2.45, 2.75) is 43.1 Å². The quantitative estimate of drug-likeness (QED) is 0.196. The first-order valence-corrected chi connectivity index (χ1v) is 13.3. The molecule has 0 bridgehead atoms. The summed E-state index contributed by atoms with van der Waals surface area (Å²) >= 11 is 2.45. The highest BCUT2D eigenvalue weighted by Crippen LogP contribution is 2.41. The lowest BCUT2D eigenvalue weighted by molar-refractivity contribution is -0.150. The van der Waals surface area contributed by atoms with Gasteiger partial charge in [0.25, 0.3) is 11.8 Å². The maximum Gasteiger partial charge on any atom is 0.352 e. The molecule has 3 fully saturated rings. The SMILES string of the molecule is CON=C(C(=O)N[C@@H]1C(=O)N2C(C(=O)O)=C(C=C3CCCN(C4CC4)C3=O)CS[C@H]12)c1csc(N)n1. The number of hydrogen-bond donors (Lipinski definition) is 3. The fourth-order valence-corrected chi connectivity index (χ4v) is 6.42. The zero-order chi connectivity index (χ0) is 25.6. The number of anilines is 1. The van der Waals surface area contributed by atoms with Crippen LogP contribution in [-0.4, -0.2) is 86.2 Å². The Morgan fingerprint density at radius 1 is 1.36 bits per heavy atom. The number of nitrogens with one attached hydrogen (secondary N) is 1. The Balaban J connectivity index is 1.35. The van der Waals surface area contributed by atoms with Gasteiger partial charge in [0.1, 0.15) is 29.9 Å². The van der Waals surface area contributed by atoms with Crippen LogP contribution in [0.4, 0.5) is 5.13 Å². The number of fused-ring (bicyclic) bond motifs is 1. The maximum absolute atomic E-state index is 13.0. The number of carbonyl (C=O) groups excluding carboxylic acids is 3. The van der Waals surface area contributed by atoms with Crippen LogP contribution < -0.4 is 11.1 Å². The number of nitrogens with two attached hydrogens (primary N) is 1. The van der Waals surface area contributed by atoms with Gasteiger partial charge in [-0.15, -0.1) is 23.1 Å². The number of oxime groups is 1. The van der Waals surface area contributed by atoms with E-state index in [1.165, 1.54) is 23.8 Å². The topological polar surface area (TPSA) is 168 Å². The first-order chi connectivity index (χ1) is 17.3. The molecule has 4 N–H and O–H groups in total. The number of aromatic nitrogens is 1. The Labute approximate surface area is 214 Å². The Hall–Kier alpha value is -3.39. The van der Waals surface area contributed by atoms with Gasteiger partial charge in [0.05, 0.1) is 0 Å². The van der Waals surface area contributed by atoms with Gasteiger partial charge in [0.2, 0.25) is 5.91 Å². The molecule has 0 radical (unpaired) electrons. The molecule has 0 unspecified atom stereocenters. The molecular weight excluding hydrogens is 508 g/mol. The number of β-lactam (4-membered cyclic amide) rings is 1. The number of allylic oxidation sites excluding steroid dienone is 1. The van der Waals surface area contributed by atoms with E-state index in [1.54, 1.807) is 11.5 Å². The summed E-state index contributed by atoms with van der Waals surface area (Å²) in [5, 5.41) is 17.4. The molecule has 1 saturated carbocycles. The van der Waals surface area contributed by atoms with Crippen LogP contribution >= 0.6 is 23.1 Å². The van der Waals surface area contributed by atoms with Crippen molar-refractivity contribution in [1.29, 1.82) is 0 Å². The van der Waals surface area contributed by atoms with E-state index in [-0.39, 0.29) is 39.9 Å². The van der Waals surface area contributed by atoms with E-state index in [4.69, 9.17) is 10.6 Å². The number of carboxylic acids is 1. The summed E-state index contributed by atoms with van der Waals surface area (Å²) in [6, 6.07) is -0.668. The molecule has 36 heavy (non-hydrogen) atoms. The highest BCUT2D eigenvalue weighted by Gasteiger charge is 2.54. The minimum atomic E-state index is -1.26.